The van der Waals surface area contributed by atoms with Crippen molar-refractivity contribution in [2.75, 3.05) is 0 Å². The van der Waals surface area contributed by atoms with E-state index in [1.54, 1.807) is 0 Å². The monoisotopic (exact) mass is 231 g/mol. The zero-order chi connectivity index (χ0) is 12.3. The van der Waals surface area contributed by atoms with Crippen LogP contribution in [-0.4, -0.2) is 9.91 Å². The van der Waals surface area contributed by atoms with Crippen LogP contribution in [0.15, 0.2) is 6.07 Å². The van der Waals surface area contributed by atoms with Gasteiger partial charge in [0, 0.05) is 0 Å². The maximum absolute atomic E-state index is 13.1. The molecule has 0 radical (unpaired) electrons. The summed E-state index contributed by atoms with van der Waals surface area (Å²) in [6.07, 6.45) is -3.72. The molecule has 1 heterocycles. The van der Waals surface area contributed by atoms with Crippen LogP contribution in [0.2, 0.25) is 0 Å². The van der Waals surface area contributed by atoms with Crippen molar-refractivity contribution in [1.29, 1.82) is 5.26 Å². The van der Waals surface area contributed by atoms with Crippen molar-refractivity contribution in [2.24, 2.45) is 0 Å². The van der Waals surface area contributed by atoms with Crippen LogP contribution >= 0.6 is 0 Å². The maximum Gasteiger partial charge on any atom is 0.299 e. The number of hydrogen-bond acceptors (Lipinski definition) is 4. The number of hydrogen-bond donors (Lipinski definition) is 0. The van der Waals surface area contributed by atoms with Gasteiger partial charge < -0.3 is 0 Å². The minimum atomic E-state index is -3.20. The summed E-state index contributed by atoms with van der Waals surface area (Å²) in [6, 6.07) is 1.87. The van der Waals surface area contributed by atoms with E-state index in [9.17, 15) is 23.3 Å². The van der Waals surface area contributed by atoms with Crippen molar-refractivity contribution in [3.63, 3.8) is 0 Å². The Morgan fingerprint density at radius 1 is 1.62 bits per heavy atom. The number of rotatable bonds is 3. The van der Waals surface area contributed by atoms with Gasteiger partial charge in [0.15, 0.2) is 11.5 Å². The van der Waals surface area contributed by atoms with Crippen molar-refractivity contribution in [1.82, 2.24) is 4.98 Å². The molecule has 0 aliphatic heterocycles. The van der Waals surface area contributed by atoms with E-state index in [0.29, 0.717) is 6.07 Å². The second-order valence-corrected chi connectivity index (χ2v) is 2.71. The van der Waals surface area contributed by atoms with Gasteiger partial charge in [0.25, 0.3) is 12.1 Å². The first kappa shape index (κ1) is 11.9. The topological polar surface area (TPSA) is 79.8 Å². The van der Waals surface area contributed by atoms with Crippen molar-refractivity contribution < 1.29 is 18.1 Å². The molecular formula is C8H4F3N3O2. The van der Waals surface area contributed by atoms with E-state index in [2.05, 4.69) is 4.98 Å². The summed E-state index contributed by atoms with van der Waals surface area (Å²) in [5.74, 6) is -1.14. The highest BCUT2D eigenvalue weighted by atomic mass is 19.3. The van der Waals surface area contributed by atoms with E-state index in [-0.39, 0.29) is 0 Å². The zero-order valence-corrected chi connectivity index (χ0v) is 7.65. The van der Waals surface area contributed by atoms with Crippen molar-refractivity contribution in [2.45, 2.75) is 12.8 Å². The molecule has 1 aromatic heterocycles. The molecule has 8 heteroatoms. The first-order valence-corrected chi connectivity index (χ1v) is 3.96. The number of halogens is 3. The highest BCUT2D eigenvalue weighted by Crippen LogP contribution is 2.28. The van der Waals surface area contributed by atoms with E-state index < -0.39 is 40.7 Å². The SMILES string of the molecule is N#CCc1nc(C(F)F)c([N+](=O)[O-])cc1F. The Balaban J connectivity index is 3.38. The lowest BCUT2D eigenvalue weighted by molar-refractivity contribution is -0.386. The lowest BCUT2D eigenvalue weighted by atomic mass is 10.2. The van der Waals surface area contributed by atoms with Crippen LogP contribution in [0, 0.1) is 27.3 Å². The third kappa shape index (κ3) is 2.25. The normalized spacial score (nSPS) is 10.2. The number of pyridine rings is 1. The summed E-state index contributed by atoms with van der Waals surface area (Å²) in [5.41, 5.74) is -2.74. The van der Waals surface area contributed by atoms with Crippen LogP contribution in [0.3, 0.4) is 0 Å². The summed E-state index contributed by atoms with van der Waals surface area (Å²) in [4.78, 5) is 12.3. The quantitative estimate of drug-likeness (QED) is 0.589. The fourth-order valence-electron chi connectivity index (χ4n) is 1.04. The van der Waals surface area contributed by atoms with Gasteiger partial charge in [-0.1, -0.05) is 0 Å². The van der Waals surface area contributed by atoms with Crippen LogP contribution < -0.4 is 0 Å². The Kier molecular flexibility index (Phi) is 3.40. The lowest BCUT2D eigenvalue weighted by Crippen LogP contribution is -2.05. The van der Waals surface area contributed by atoms with Gasteiger partial charge >= 0.3 is 0 Å². The van der Waals surface area contributed by atoms with Crippen LogP contribution in [0.5, 0.6) is 0 Å². The molecule has 1 aromatic rings. The van der Waals surface area contributed by atoms with Gasteiger partial charge in [-0.05, 0) is 0 Å². The van der Waals surface area contributed by atoms with Gasteiger partial charge in [-0.25, -0.2) is 18.2 Å². The molecule has 84 valence electrons. The predicted molar refractivity (Wildman–Crippen MR) is 45.1 cm³/mol. The minimum Gasteiger partial charge on any atom is -0.258 e. The van der Waals surface area contributed by atoms with Crippen LogP contribution in [0.4, 0.5) is 18.9 Å². The highest BCUT2D eigenvalue weighted by Gasteiger charge is 2.26. The second kappa shape index (κ2) is 4.57. The molecule has 0 aliphatic carbocycles. The van der Waals surface area contributed by atoms with Crippen LogP contribution in [0.1, 0.15) is 17.8 Å². The fourth-order valence-corrected chi connectivity index (χ4v) is 1.04. The average molecular weight is 231 g/mol. The smallest absolute Gasteiger partial charge is 0.258 e. The molecule has 0 atom stereocenters. The Hall–Kier alpha value is -2.17. The molecule has 1 rings (SSSR count). The van der Waals surface area contributed by atoms with Crippen LogP contribution in [-0.2, 0) is 6.42 Å². The van der Waals surface area contributed by atoms with Crippen molar-refractivity contribution in [3.8, 4) is 6.07 Å². The summed E-state index contributed by atoms with van der Waals surface area (Å²) in [5, 5.41) is 18.6. The minimum absolute atomic E-state index is 0.348. The second-order valence-electron chi connectivity index (χ2n) is 2.71. The predicted octanol–water partition coefficient (Wildman–Crippen LogP) is 2.13. The summed E-state index contributed by atoms with van der Waals surface area (Å²) in [7, 11) is 0. The molecule has 5 nitrogen and oxygen atoms in total. The van der Waals surface area contributed by atoms with E-state index in [1.165, 1.54) is 6.07 Å². The molecular weight excluding hydrogens is 227 g/mol. The molecule has 0 aromatic carbocycles. The molecule has 0 saturated carbocycles. The molecule has 0 unspecified atom stereocenters. The van der Waals surface area contributed by atoms with E-state index in [1.807, 2.05) is 0 Å². The largest absolute Gasteiger partial charge is 0.299 e. The molecule has 0 saturated heterocycles. The molecule has 0 amide bonds. The third-order valence-electron chi connectivity index (χ3n) is 1.71. The summed E-state index contributed by atoms with van der Waals surface area (Å²) in [6.45, 7) is 0. The Bertz CT molecular complexity index is 470. The standard InChI is InChI=1S/C8H4F3N3O2/c9-4-3-6(14(15)16)7(8(10)11)13-5(4)1-2-12/h3,8H,1H2. The zero-order valence-electron chi connectivity index (χ0n) is 7.65. The van der Waals surface area contributed by atoms with Gasteiger partial charge in [-0.15, -0.1) is 0 Å². The van der Waals surface area contributed by atoms with E-state index in [4.69, 9.17) is 5.26 Å². The van der Waals surface area contributed by atoms with E-state index in [0.717, 1.165) is 0 Å². The maximum atomic E-state index is 13.1. The number of aromatic nitrogens is 1. The van der Waals surface area contributed by atoms with Gasteiger partial charge in [-0.3, -0.25) is 10.1 Å². The molecule has 0 N–H and O–H groups in total. The number of nitro groups is 1. The molecule has 0 bridgehead atoms. The third-order valence-corrected chi connectivity index (χ3v) is 1.71. The number of nitriles is 1. The molecule has 0 spiro atoms. The molecule has 0 fully saturated rings. The van der Waals surface area contributed by atoms with Crippen LogP contribution in [0.25, 0.3) is 0 Å². The first-order valence-electron chi connectivity index (χ1n) is 3.96. The molecule has 16 heavy (non-hydrogen) atoms. The summed E-state index contributed by atoms with van der Waals surface area (Å²) >= 11 is 0. The average Bonchev–Trinajstić information content (AvgIpc) is 2.20. The Morgan fingerprint density at radius 3 is 2.69 bits per heavy atom. The number of alkyl halides is 2. The summed E-state index contributed by atoms with van der Waals surface area (Å²) < 4.78 is 37.8. The van der Waals surface area contributed by atoms with Gasteiger partial charge in [0.05, 0.1) is 29.2 Å². The van der Waals surface area contributed by atoms with Crippen molar-refractivity contribution in [3.05, 3.63) is 33.4 Å². The lowest BCUT2D eigenvalue weighted by Gasteiger charge is -2.03. The number of nitrogens with zero attached hydrogens (tertiary/aromatic N) is 3. The van der Waals surface area contributed by atoms with Gasteiger partial charge in [0.2, 0.25) is 0 Å². The van der Waals surface area contributed by atoms with Gasteiger partial charge in [-0.2, -0.15) is 5.26 Å². The fraction of sp³-hybridized carbons (Fsp3) is 0.250. The van der Waals surface area contributed by atoms with Crippen molar-refractivity contribution >= 4 is 5.69 Å². The Morgan fingerprint density at radius 2 is 2.25 bits per heavy atom. The Labute approximate surface area is 87.3 Å². The molecule has 0 aliphatic rings. The van der Waals surface area contributed by atoms with E-state index >= 15 is 0 Å². The first-order chi connectivity index (χ1) is 7.47. The highest BCUT2D eigenvalue weighted by molar-refractivity contribution is 5.38. The van der Waals surface area contributed by atoms with Gasteiger partial charge in [0.1, 0.15) is 0 Å².